The number of benzene rings is 1. The van der Waals surface area contributed by atoms with Gasteiger partial charge in [-0.05, 0) is 40.5 Å². The third kappa shape index (κ3) is 3.82. The lowest BCUT2D eigenvalue weighted by molar-refractivity contribution is 0.0993. The van der Waals surface area contributed by atoms with Crippen molar-refractivity contribution in [3.63, 3.8) is 0 Å². The first-order chi connectivity index (χ1) is 10.1. The molecule has 21 heavy (non-hydrogen) atoms. The average Bonchev–Trinajstić information content (AvgIpc) is 2.53. The van der Waals surface area contributed by atoms with Crippen molar-refractivity contribution in [3.8, 4) is 0 Å². The van der Waals surface area contributed by atoms with E-state index in [-0.39, 0.29) is 5.91 Å². The van der Waals surface area contributed by atoms with E-state index >= 15 is 0 Å². The minimum Gasteiger partial charge on any atom is -0.369 e. The van der Waals surface area contributed by atoms with Gasteiger partial charge in [0, 0.05) is 29.9 Å². The summed E-state index contributed by atoms with van der Waals surface area (Å²) in [6.45, 7) is 2.85. The van der Waals surface area contributed by atoms with Crippen molar-refractivity contribution < 1.29 is 4.79 Å². The minimum atomic E-state index is -0.0893. The van der Waals surface area contributed by atoms with Crippen molar-refractivity contribution in [3.05, 3.63) is 52.6 Å². The van der Waals surface area contributed by atoms with Gasteiger partial charge >= 0.3 is 0 Å². The van der Waals surface area contributed by atoms with Crippen molar-refractivity contribution in [1.29, 1.82) is 0 Å². The number of rotatable bonds is 5. The number of nitrogens with zero attached hydrogens (tertiary/aromatic N) is 2. The van der Waals surface area contributed by atoms with E-state index in [4.69, 9.17) is 0 Å². The largest absolute Gasteiger partial charge is 0.369 e. The zero-order valence-corrected chi connectivity index (χ0v) is 13.7. The molecule has 2 rings (SSSR count). The first-order valence-corrected chi connectivity index (χ1v) is 7.65. The smallest absolute Gasteiger partial charge is 0.261 e. The molecular weight excluding hydrogens is 330 g/mol. The quantitative estimate of drug-likeness (QED) is 0.890. The maximum Gasteiger partial charge on any atom is 0.261 e. The Morgan fingerprint density at radius 3 is 2.71 bits per heavy atom. The fourth-order valence-corrected chi connectivity index (χ4v) is 2.27. The van der Waals surface area contributed by atoms with E-state index in [2.05, 4.69) is 33.2 Å². The van der Waals surface area contributed by atoms with Crippen LogP contribution in [-0.4, -0.2) is 24.5 Å². The summed E-state index contributed by atoms with van der Waals surface area (Å²) in [5.74, 6) is 0.529. The lowest BCUT2D eigenvalue weighted by atomic mass is 10.2. The lowest BCUT2D eigenvalue weighted by Crippen LogP contribution is -2.27. The van der Waals surface area contributed by atoms with E-state index in [9.17, 15) is 4.79 Å². The Morgan fingerprint density at radius 1 is 1.33 bits per heavy atom. The summed E-state index contributed by atoms with van der Waals surface area (Å²) in [7, 11) is 1.77. The van der Waals surface area contributed by atoms with Crippen LogP contribution < -0.4 is 10.2 Å². The summed E-state index contributed by atoms with van der Waals surface area (Å²) >= 11 is 3.38. The Balaban J connectivity index is 2.31. The number of nitrogens with one attached hydrogen (secondary N) is 1. The molecule has 0 bridgehead atoms. The highest BCUT2D eigenvalue weighted by Crippen LogP contribution is 2.22. The zero-order chi connectivity index (χ0) is 15.2. The van der Waals surface area contributed by atoms with Gasteiger partial charge in [-0.15, -0.1) is 0 Å². The van der Waals surface area contributed by atoms with Gasteiger partial charge in [0.1, 0.15) is 5.82 Å². The summed E-state index contributed by atoms with van der Waals surface area (Å²) in [6, 6.07) is 11.4. The van der Waals surface area contributed by atoms with Gasteiger partial charge in [0.05, 0.1) is 5.56 Å². The number of amides is 1. The van der Waals surface area contributed by atoms with Crippen LogP contribution in [0.1, 0.15) is 23.7 Å². The monoisotopic (exact) mass is 347 g/mol. The van der Waals surface area contributed by atoms with Crippen LogP contribution in [0.25, 0.3) is 0 Å². The van der Waals surface area contributed by atoms with Crippen molar-refractivity contribution in [2.45, 2.75) is 13.3 Å². The minimum absolute atomic E-state index is 0.0893. The predicted octanol–water partition coefficient (Wildman–Crippen LogP) is 3.94. The molecular formula is C16H18BrN3O. The van der Waals surface area contributed by atoms with Crippen LogP contribution in [-0.2, 0) is 0 Å². The topological polar surface area (TPSA) is 45.2 Å². The highest BCUT2D eigenvalue weighted by molar-refractivity contribution is 9.10. The van der Waals surface area contributed by atoms with Crippen molar-refractivity contribution >= 4 is 33.3 Å². The molecule has 0 spiro atoms. The van der Waals surface area contributed by atoms with Gasteiger partial charge < -0.3 is 10.2 Å². The Morgan fingerprint density at radius 2 is 2.05 bits per heavy atom. The highest BCUT2D eigenvalue weighted by Gasteiger charge is 2.18. The van der Waals surface area contributed by atoms with Crippen LogP contribution >= 0.6 is 15.9 Å². The number of carbonyl (C=O) groups excluding carboxylic acids is 1. The number of halogens is 1. The fraction of sp³-hybridized carbons (Fsp3) is 0.250. The SMILES string of the molecule is CCCNc1ncc(Br)cc1C(=O)N(C)c1ccccc1. The second-order valence-corrected chi connectivity index (χ2v) is 5.59. The zero-order valence-electron chi connectivity index (χ0n) is 12.1. The molecule has 0 aliphatic carbocycles. The molecule has 0 saturated heterocycles. The van der Waals surface area contributed by atoms with Gasteiger partial charge in [-0.3, -0.25) is 4.79 Å². The molecule has 0 aliphatic rings. The summed E-state index contributed by atoms with van der Waals surface area (Å²) < 4.78 is 0.786. The Bertz CT molecular complexity index is 616. The van der Waals surface area contributed by atoms with Crippen LogP contribution in [0.4, 0.5) is 11.5 Å². The summed E-state index contributed by atoms with van der Waals surface area (Å²) in [4.78, 5) is 18.6. The molecule has 1 N–H and O–H groups in total. The molecule has 1 heterocycles. The third-order valence-electron chi connectivity index (χ3n) is 3.08. The molecule has 4 nitrogen and oxygen atoms in total. The summed E-state index contributed by atoms with van der Waals surface area (Å²) in [5, 5.41) is 3.20. The average molecular weight is 348 g/mol. The number of hydrogen-bond acceptors (Lipinski definition) is 3. The number of para-hydroxylation sites is 1. The summed E-state index contributed by atoms with van der Waals surface area (Å²) in [6.07, 6.45) is 2.66. The van der Waals surface area contributed by atoms with Crippen LogP contribution in [0, 0.1) is 0 Å². The van der Waals surface area contributed by atoms with Crippen molar-refractivity contribution in [2.75, 3.05) is 23.8 Å². The molecule has 1 amide bonds. The van der Waals surface area contributed by atoms with E-state index in [1.807, 2.05) is 30.3 Å². The van der Waals surface area contributed by atoms with Gasteiger partial charge in [0.25, 0.3) is 5.91 Å². The lowest BCUT2D eigenvalue weighted by Gasteiger charge is -2.19. The van der Waals surface area contributed by atoms with Gasteiger partial charge in [-0.25, -0.2) is 4.98 Å². The van der Waals surface area contributed by atoms with Crippen LogP contribution in [0.2, 0.25) is 0 Å². The molecule has 0 unspecified atom stereocenters. The molecule has 0 aliphatic heterocycles. The number of carbonyl (C=O) groups is 1. The third-order valence-corrected chi connectivity index (χ3v) is 3.51. The molecule has 0 atom stereocenters. The van der Waals surface area contributed by atoms with Crippen LogP contribution in [0.3, 0.4) is 0 Å². The Labute approximate surface area is 133 Å². The van der Waals surface area contributed by atoms with Crippen LogP contribution in [0.5, 0.6) is 0 Å². The second kappa shape index (κ2) is 7.22. The molecule has 0 fully saturated rings. The van der Waals surface area contributed by atoms with E-state index in [1.54, 1.807) is 24.2 Å². The maximum absolute atomic E-state index is 12.7. The van der Waals surface area contributed by atoms with Gasteiger partial charge in [-0.1, -0.05) is 25.1 Å². The predicted molar refractivity (Wildman–Crippen MR) is 89.9 cm³/mol. The number of hydrogen-bond donors (Lipinski definition) is 1. The van der Waals surface area contributed by atoms with E-state index < -0.39 is 0 Å². The standard InChI is InChI=1S/C16H18BrN3O/c1-3-9-18-15-14(10-12(17)11-19-15)16(21)20(2)13-7-5-4-6-8-13/h4-8,10-11H,3,9H2,1-2H3,(H,18,19). The number of anilines is 2. The molecule has 110 valence electrons. The first-order valence-electron chi connectivity index (χ1n) is 6.86. The molecule has 1 aromatic heterocycles. The Kier molecular flexibility index (Phi) is 5.33. The van der Waals surface area contributed by atoms with Gasteiger partial charge in [0.2, 0.25) is 0 Å². The highest BCUT2D eigenvalue weighted by atomic mass is 79.9. The van der Waals surface area contributed by atoms with E-state index in [1.165, 1.54) is 0 Å². The molecule has 0 radical (unpaired) electrons. The normalized spacial score (nSPS) is 10.2. The fourth-order valence-electron chi connectivity index (χ4n) is 1.94. The summed E-state index contributed by atoms with van der Waals surface area (Å²) in [5.41, 5.74) is 1.41. The van der Waals surface area contributed by atoms with E-state index in [0.717, 1.165) is 23.1 Å². The second-order valence-electron chi connectivity index (χ2n) is 4.68. The molecule has 0 saturated carbocycles. The first kappa shape index (κ1) is 15.5. The molecule has 2 aromatic rings. The maximum atomic E-state index is 12.7. The van der Waals surface area contributed by atoms with Crippen molar-refractivity contribution in [1.82, 2.24) is 4.98 Å². The van der Waals surface area contributed by atoms with Crippen LogP contribution in [0.15, 0.2) is 47.1 Å². The van der Waals surface area contributed by atoms with E-state index in [0.29, 0.717) is 11.4 Å². The van der Waals surface area contributed by atoms with Crippen molar-refractivity contribution in [2.24, 2.45) is 0 Å². The Hall–Kier alpha value is -1.88. The number of pyridine rings is 1. The number of aromatic nitrogens is 1. The van der Waals surface area contributed by atoms with Gasteiger partial charge in [-0.2, -0.15) is 0 Å². The molecule has 1 aromatic carbocycles. The van der Waals surface area contributed by atoms with Gasteiger partial charge in [0.15, 0.2) is 0 Å². The molecule has 5 heteroatoms.